The number of fused-ring (bicyclic) bond motifs is 1. The van der Waals surface area contributed by atoms with E-state index in [4.69, 9.17) is 21.4 Å². The van der Waals surface area contributed by atoms with Gasteiger partial charge in [-0.15, -0.1) is 0 Å². The maximum Gasteiger partial charge on any atom is 0.416 e. The molecule has 200 valence electrons. The van der Waals surface area contributed by atoms with Crippen LogP contribution in [0, 0.1) is 5.82 Å². The minimum absolute atomic E-state index is 0.0291. The smallest absolute Gasteiger partial charge is 0.416 e. The lowest BCUT2D eigenvalue weighted by atomic mass is 9.91. The molecule has 1 aliphatic rings. The van der Waals surface area contributed by atoms with Gasteiger partial charge in [0.1, 0.15) is 17.2 Å². The summed E-state index contributed by atoms with van der Waals surface area (Å²) in [5.41, 5.74) is 0.701. The molecular formula is C28H24ClF4NO4. The molecule has 0 aliphatic carbocycles. The van der Waals surface area contributed by atoms with Crippen LogP contribution >= 0.6 is 11.6 Å². The molecule has 0 bridgehead atoms. The summed E-state index contributed by atoms with van der Waals surface area (Å²) in [4.78, 5) is 25.8. The number of nitrogens with zero attached hydrogens (tertiary/aromatic N) is 1. The normalized spacial score (nSPS) is 16.6. The third kappa shape index (κ3) is 6.45. The van der Waals surface area contributed by atoms with Crippen LogP contribution in [0.5, 0.6) is 5.75 Å². The number of hydrogen-bond acceptors (Lipinski definition) is 3. The van der Waals surface area contributed by atoms with Gasteiger partial charge in [0.05, 0.1) is 17.0 Å². The predicted octanol–water partition coefficient (Wildman–Crippen LogP) is 6.55. The fourth-order valence-electron chi connectivity index (χ4n) is 4.52. The molecule has 5 nitrogen and oxygen atoms in total. The molecule has 0 unspecified atom stereocenters. The second-order valence-electron chi connectivity index (χ2n) is 9.54. The fourth-order valence-corrected chi connectivity index (χ4v) is 4.64. The van der Waals surface area contributed by atoms with E-state index in [2.05, 4.69) is 0 Å². The van der Waals surface area contributed by atoms with Crippen molar-refractivity contribution >= 4 is 23.5 Å². The van der Waals surface area contributed by atoms with Crippen LogP contribution in [0.15, 0.2) is 60.7 Å². The molecule has 1 heterocycles. The molecule has 3 aromatic carbocycles. The van der Waals surface area contributed by atoms with Crippen LogP contribution in [0.1, 0.15) is 46.0 Å². The molecule has 38 heavy (non-hydrogen) atoms. The molecule has 1 atom stereocenters. The Kier molecular flexibility index (Phi) is 7.69. The third-order valence-electron chi connectivity index (χ3n) is 6.33. The minimum Gasteiger partial charge on any atom is -0.487 e. The van der Waals surface area contributed by atoms with Crippen LogP contribution in [0.4, 0.5) is 17.6 Å². The number of carbonyl (C=O) groups is 2. The number of benzene rings is 3. The van der Waals surface area contributed by atoms with Gasteiger partial charge in [0.25, 0.3) is 5.91 Å². The van der Waals surface area contributed by atoms with Gasteiger partial charge in [-0.1, -0.05) is 29.8 Å². The SMILES string of the molecule is C[C@]1(Cc2ccc(Cl)c(F)c2)Cc2cc(C(=O)N(CCC(=O)O)Cc3ccc(C(F)(F)F)cc3)ccc2O1. The van der Waals surface area contributed by atoms with Gasteiger partial charge in [0, 0.05) is 31.5 Å². The average Bonchev–Trinajstić information content (AvgIpc) is 3.18. The molecule has 0 aromatic heterocycles. The van der Waals surface area contributed by atoms with Crippen LogP contribution in [-0.2, 0) is 30.4 Å². The van der Waals surface area contributed by atoms with E-state index in [1.807, 2.05) is 6.92 Å². The average molecular weight is 550 g/mol. The van der Waals surface area contributed by atoms with Crippen molar-refractivity contribution in [3.8, 4) is 5.75 Å². The zero-order chi connectivity index (χ0) is 27.7. The fraction of sp³-hybridized carbons (Fsp3) is 0.286. The maximum absolute atomic E-state index is 13.9. The topological polar surface area (TPSA) is 66.8 Å². The van der Waals surface area contributed by atoms with E-state index in [9.17, 15) is 27.2 Å². The zero-order valence-corrected chi connectivity index (χ0v) is 21.1. The summed E-state index contributed by atoms with van der Waals surface area (Å²) in [6.45, 7) is 1.70. The monoisotopic (exact) mass is 549 g/mol. The first-order chi connectivity index (χ1) is 17.8. The lowest BCUT2D eigenvalue weighted by Gasteiger charge is -2.24. The number of hydrogen-bond donors (Lipinski definition) is 1. The molecule has 0 saturated carbocycles. The summed E-state index contributed by atoms with van der Waals surface area (Å²) in [6, 6.07) is 13.8. The van der Waals surface area contributed by atoms with E-state index in [1.165, 1.54) is 29.2 Å². The molecule has 4 rings (SSSR count). The van der Waals surface area contributed by atoms with Gasteiger partial charge in [-0.3, -0.25) is 9.59 Å². The summed E-state index contributed by atoms with van der Waals surface area (Å²) in [7, 11) is 0. The van der Waals surface area contributed by atoms with Crippen LogP contribution in [-0.4, -0.2) is 34.0 Å². The minimum atomic E-state index is -4.49. The molecule has 1 N–H and O–H groups in total. The summed E-state index contributed by atoms with van der Waals surface area (Å²) >= 11 is 5.77. The molecule has 0 saturated heterocycles. The molecule has 10 heteroatoms. The number of carboxylic acid groups (broad SMARTS) is 1. The highest BCUT2D eigenvalue weighted by atomic mass is 35.5. The highest BCUT2D eigenvalue weighted by Crippen LogP contribution is 2.38. The van der Waals surface area contributed by atoms with Crippen LogP contribution < -0.4 is 4.74 Å². The Bertz CT molecular complexity index is 1360. The Hall–Kier alpha value is -3.59. The van der Waals surface area contributed by atoms with Gasteiger partial charge in [-0.25, -0.2) is 4.39 Å². The molecule has 1 amide bonds. The standard InChI is InChI=1S/C28H24ClF4NO4/c1-27(14-18-4-8-22(29)23(30)12-18)15-20-13-19(5-9-24(20)38-27)26(37)34(11-10-25(35)36)16-17-2-6-21(7-3-17)28(31,32)33/h2-9,12-13H,10-11,14-16H2,1H3,(H,35,36)/t27-/m0/s1. The molecule has 0 spiro atoms. The van der Waals surface area contributed by atoms with Crippen molar-refractivity contribution in [3.63, 3.8) is 0 Å². The van der Waals surface area contributed by atoms with Crippen molar-refractivity contribution in [1.82, 2.24) is 4.90 Å². The number of amides is 1. The zero-order valence-electron chi connectivity index (χ0n) is 20.3. The van der Waals surface area contributed by atoms with Crippen molar-refractivity contribution in [2.45, 2.75) is 44.5 Å². The summed E-state index contributed by atoms with van der Waals surface area (Å²) in [6.07, 6.45) is -3.96. The third-order valence-corrected chi connectivity index (χ3v) is 6.63. The van der Waals surface area contributed by atoms with E-state index in [0.717, 1.165) is 17.7 Å². The van der Waals surface area contributed by atoms with Crippen molar-refractivity contribution < 1.29 is 37.0 Å². The molecule has 0 fully saturated rings. The second kappa shape index (κ2) is 10.6. The van der Waals surface area contributed by atoms with Gasteiger partial charge in [0.2, 0.25) is 0 Å². The van der Waals surface area contributed by atoms with Crippen molar-refractivity contribution in [3.05, 3.63) is 99.3 Å². The lowest BCUT2D eigenvalue weighted by molar-refractivity contribution is -0.138. The number of halogens is 5. The predicted molar refractivity (Wildman–Crippen MR) is 133 cm³/mol. The Labute approximate surface area is 221 Å². The van der Waals surface area contributed by atoms with Gasteiger partial charge < -0.3 is 14.7 Å². The number of carboxylic acids is 1. The molecule has 3 aromatic rings. The quantitative estimate of drug-likeness (QED) is 0.324. The van der Waals surface area contributed by atoms with E-state index in [-0.39, 0.29) is 24.5 Å². The lowest BCUT2D eigenvalue weighted by Crippen LogP contribution is -2.33. The van der Waals surface area contributed by atoms with Gasteiger partial charge in [0.15, 0.2) is 0 Å². The highest BCUT2D eigenvalue weighted by Gasteiger charge is 2.36. The van der Waals surface area contributed by atoms with Crippen LogP contribution in [0.25, 0.3) is 0 Å². The van der Waals surface area contributed by atoms with Crippen LogP contribution in [0.2, 0.25) is 5.02 Å². The second-order valence-corrected chi connectivity index (χ2v) is 9.95. The number of aliphatic carboxylic acids is 1. The summed E-state index contributed by atoms with van der Waals surface area (Å²) < 4.78 is 58.7. The van der Waals surface area contributed by atoms with E-state index in [0.29, 0.717) is 35.3 Å². The molecule has 0 radical (unpaired) electrons. The first-order valence-electron chi connectivity index (χ1n) is 11.8. The Morgan fingerprint density at radius 3 is 2.37 bits per heavy atom. The van der Waals surface area contributed by atoms with E-state index < -0.39 is 35.0 Å². The Morgan fingerprint density at radius 2 is 1.74 bits per heavy atom. The van der Waals surface area contributed by atoms with E-state index >= 15 is 0 Å². The van der Waals surface area contributed by atoms with Crippen LogP contribution in [0.3, 0.4) is 0 Å². The van der Waals surface area contributed by atoms with Crippen molar-refractivity contribution in [2.24, 2.45) is 0 Å². The first-order valence-corrected chi connectivity index (χ1v) is 12.1. The Balaban J connectivity index is 1.52. The summed E-state index contributed by atoms with van der Waals surface area (Å²) in [5, 5.41) is 9.16. The maximum atomic E-state index is 13.9. The summed E-state index contributed by atoms with van der Waals surface area (Å²) in [5.74, 6) is -1.50. The largest absolute Gasteiger partial charge is 0.487 e. The molecule has 1 aliphatic heterocycles. The first kappa shape index (κ1) is 27.4. The highest BCUT2D eigenvalue weighted by molar-refractivity contribution is 6.30. The number of ether oxygens (including phenoxy) is 1. The van der Waals surface area contributed by atoms with Gasteiger partial charge in [-0.2, -0.15) is 13.2 Å². The number of alkyl halides is 3. The van der Waals surface area contributed by atoms with Gasteiger partial charge >= 0.3 is 12.1 Å². The van der Waals surface area contributed by atoms with Gasteiger partial charge in [-0.05, 0) is 66.1 Å². The van der Waals surface area contributed by atoms with E-state index in [1.54, 1.807) is 24.3 Å². The Morgan fingerprint density at radius 1 is 1.05 bits per heavy atom. The molecular weight excluding hydrogens is 526 g/mol. The van der Waals surface area contributed by atoms with Crippen molar-refractivity contribution in [1.29, 1.82) is 0 Å². The van der Waals surface area contributed by atoms with Crippen molar-refractivity contribution in [2.75, 3.05) is 6.54 Å². The number of carbonyl (C=O) groups excluding carboxylic acids is 1. The number of rotatable bonds is 8.